The maximum Gasteiger partial charge on any atom is 0.419 e. The summed E-state index contributed by atoms with van der Waals surface area (Å²) in [6, 6.07) is 2.27. The van der Waals surface area contributed by atoms with E-state index in [4.69, 9.17) is 5.11 Å². The molecule has 8 heteroatoms. The van der Waals surface area contributed by atoms with E-state index in [-0.39, 0.29) is 17.9 Å². The Labute approximate surface area is 110 Å². The maximum atomic E-state index is 13.5. The standard InChI is InChI=1S/C12H9F4NO3/c1-11(5-20-17-9(11)10(18)19)6-2-3-7(8(13)4-6)12(14,15)16/h2-4H,5H2,1H3,(H,18,19). The molecule has 0 saturated carbocycles. The lowest BCUT2D eigenvalue weighted by molar-refractivity contribution is -0.140. The fraction of sp³-hybridized carbons (Fsp3) is 0.333. The highest BCUT2D eigenvalue weighted by Crippen LogP contribution is 2.36. The van der Waals surface area contributed by atoms with Gasteiger partial charge in [0, 0.05) is 0 Å². The van der Waals surface area contributed by atoms with E-state index in [1.54, 1.807) is 0 Å². The van der Waals surface area contributed by atoms with Gasteiger partial charge in [0.15, 0.2) is 5.71 Å². The smallest absolute Gasteiger partial charge is 0.419 e. The fourth-order valence-corrected chi connectivity index (χ4v) is 1.98. The number of nitrogens with zero attached hydrogens (tertiary/aromatic N) is 1. The number of carbonyl (C=O) groups is 1. The van der Waals surface area contributed by atoms with Crippen molar-refractivity contribution >= 4 is 11.7 Å². The molecule has 0 aromatic heterocycles. The Hall–Kier alpha value is -2.12. The van der Waals surface area contributed by atoms with Gasteiger partial charge >= 0.3 is 12.1 Å². The molecule has 1 aliphatic heterocycles. The zero-order chi connectivity index (χ0) is 15.1. The lowest BCUT2D eigenvalue weighted by Crippen LogP contribution is -2.37. The van der Waals surface area contributed by atoms with Gasteiger partial charge in [0.1, 0.15) is 12.4 Å². The Balaban J connectivity index is 2.47. The van der Waals surface area contributed by atoms with E-state index in [9.17, 15) is 22.4 Å². The minimum atomic E-state index is -4.81. The van der Waals surface area contributed by atoms with Gasteiger partial charge in [-0.25, -0.2) is 9.18 Å². The number of oxime groups is 1. The molecule has 0 bridgehead atoms. The summed E-state index contributed by atoms with van der Waals surface area (Å²) in [5.41, 5.74) is -3.02. The number of hydrogen-bond acceptors (Lipinski definition) is 3. The Bertz CT molecular complexity index is 597. The summed E-state index contributed by atoms with van der Waals surface area (Å²) >= 11 is 0. The van der Waals surface area contributed by atoms with Gasteiger partial charge in [-0.1, -0.05) is 11.2 Å². The number of halogens is 4. The van der Waals surface area contributed by atoms with E-state index in [0.29, 0.717) is 12.1 Å². The van der Waals surface area contributed by atoms with Crippen molar-refractivity contribution in [3.63, 3.8) is 0 Å². The molecule has 2 rings (SSSR count). The molecule has 0 aliphatic carbocycles. The molecule has 1 aromatic rings. The van der Waals surface area contributed by atoms with Gasteiger partial charge in [-0.2, -0.15) is 13.2 Å². The van der Waals surface area contributed by atoms with Crippen LogP contribution in [0.25, 0.3) is 0 Å². The third kappa shape index (κ3) is 2.21. The van der Waals surface area contributed by atoms with Crippen molar-refractivity contribution in [1.29, 1.82) is 0 Å². The van der Waals surface area contributed by atoms with Gasteiger partial charge in [-0.05, 0) is 24.6 Å². The molecule has 1 heterocycles. The molecule has 0 radical (unpaired) electrons. The molecule has 0 amide bonds. The van der Waals surface area contributed by atoms with Crippen LogP contribution in [0.5, 0.6) is 0 Å². The van der Waals surface area contributed by atoms with Gasteiger partial charge in [0.2, 0.25) is 0 Å². The van der Waals surface area contributed by atoms with Crippen molar-refractivity contribution in [2.75, 3.05) is 6.61 Å². The van der Waals surface area contributed by atoms with Gasteiger partial charge in [-0.3, -0.25) is 0 Å². The molecule has 108 valence electrons. The molecule has 20 heavy (non-hydrogen) atoms. The topological polar surface area (TPSA) is 58.9 Å². The zero-order valence-corrected chi connectivity index (χ0v) is 10.2. The van der Waals surface area contributed by atoms with E-state index in [0.717, 1.165) is 6.07 Å². The highest BCUT2D eigenvalue weighted by Gasteiger charge is 2.44. The average Bonchev–Trinajstić information content (AvgIpc) is 2.71. The first-order valence-corrected chi connectivity index (χ1v) is 5.47. The molecule has 0 saturated heterocycles. The molecule has 1 aromatic carbocycles. The van der Waals surface area contributed by atoms with Crippen LogP contribution in [0.3, 0.4) is 0 Å². The third-order valence-electron chi connectivity index (χ3n) is 3.15. The first kappa shape index (κ1) is 14.3. The van der Waals surface area contributed by atoms with Crippen molar-refractivity contribution in [2.45, 2.75) is 18.5 Å². The SMILES string of the molecule is CC1(c2ccc(C(F)(F)F)c(F)c2)CON=C1C(=O)O. The van der Waals surface area contributed by atoms with Crippen LogP contribution in [0.1, 0.15) is 18.1 Å². The van der Waals surface area contributed by atoms with Crippen molar-refractivity contribution < 1.29 is 32.3 Å². The molecule has 1 unspecified atom stereocenters. The second-order valence-electron chi connectivity index (χ2n) is 4.54. The molecule has 1 atom stereocenters. The van der Waals surface area contributed by atoms with Gasteiger partial charge in [0.05, 0.1) is 11.0 Å². The van der Waals surface area contributed by atoms with Crippen LogP contribution in [-0.2, 0) is 21.2 Å². The number of carboxylic acid groups (broad SMARTS) is 1. The summed E-state index contributed by atoms with van der Waals surface area (Å²) in [5, 5.41) is 12.3. The molecular formula is C12H9F4NO3. The Kier molecular flexibility index (Phi) is 3.19. The predicted molar refractivity (Wildman–Crippen MR) is 59.8 cm³/mol. The van der Waals surface area contributed by atoms with E-state index >= 15 is 0 Å². The second kappa shape index (κ2) is 4.46. The highest BCUT2D eigenvalue weighted by atomic mass is 19.4. The molecular weight excluding hydrogens is 282 g/mol. The van der Waals surface area contributed by atoms with Crippen LogP contribution < -0.4 is 0 Å². The first-order valence-electron chi connectivity index (χ1n) is 5.47. The van der Waals surface area contributed by atoms with Crippen molar-refractivity contribution in [1.82, 2.24) is 0 Å². The van der Waals surface area contributed by atoms with Crippen LogP contribution in [0.2, 0.25) is 0 Å². The largest absolute Gasteiger partial charge is 0.477 e. The number of aliphatic carboxylic acids is 1. The van der Waals surface area contributed by atoms with Crippen LogP contribution in [0.15, 0.2) is 23.4 Å². The molecule has 1 N–H and O–H groups in total. The predicted octanol–water partition coefficient (Wildman–Crippen LogP) is 2.57. The van der Waals surface area contributed by atoms with Crippen molar-refractivity contribution in [2.24, 2.45) is 5.16 Å². The summed E-state index contributed by atoms with van der Waals surface area (Å²) in [6.07, 6.45) is -4.81. The van der Waals surface area contributed by atoms with E-state index in [1.165, 1.54) is 6.92 Å². The monoisotopic (exact) mass is 291 g/mol. The molecule has 0 fully saturated rings. The van der Waals surface area contributed by atoms with Crippen LogP contribution in [0.4, 0.5) is 17.6 Å². The van der Waals surface area contributed by atoms with E-state index in [2.05, 4.69) is 9.99 Å². The Morgan fingerprint density at radius 2 is 2.10 bits per heavy atom. The summed E-state index contributed by atoms with van der Waals surface area (Å²) in [6.45, 7) is 1.23. The number of carboxylic acids is 1. The second-order valence-corrected chi connectivity index (χ2v) is 4.54. The number of benzene rings is 1. The number of alkyl halides is 3. The summed E-state index contributed by atoms with van der Waals surface area (Å²) in [7, 11) is 0. The summed E-state index contributed by atoms with van der Waals surface area (Å²) in [4.78, 5) is 15.7. The summed E-state index contributed by atoms with van der Waals surface area (Å²) in [5.74, 6) is -2.84. The minimum absolute atomic E-state index is 0.0571. The van der Waals surface area contributed by atoms with Crippen LogP contribution in [0, 0.1) is 5.82 Å². The normalized spacial score (nSPS) is 22.4. The molecule has 1 aliphatic rings. The lowest BCUT2D eigenvalue weighted by Gasteiger charge is -2.22. The summed E-state index contributed by atoms with van der Waals surface area (Å²) < 4.78 is 51.0. The number of hydrogen-bond donors (Lipinski definition) is 1. The highest BCUT2D eigenvalue weighted by molar-refractivity contribution is 6.39. The van der Waals surface area contributed by atoms with Crippen molar-refractivity contribution in [3.05, 3.63) is 35.1 Å². The Morgan fingerprint density at radius 3 is 2.60 bits per heavy atom. The molecule has 0 spiro atoms. The van der Waals surface area contributed by atoms with Gasteiger partial charge in [0.25, 0.3) is 0 Å². The maximum absolute atomic E-state index is 13.5. The average molecular weight is 291 g/mol. The van der Waals surface area contributed by atoms with Crippen LogP contribution in [-0.4, -0.2) is 23.4 Å². The zero-order valence-electron chi connectivity index (χ0n) is 10.2. The van der Waals surface area contributed by atoms with Crippen molar-refractivity contribution in [3.8, 4) is 0 Å². The third-order valence-corrected chi connectivity index (χ3v) is 3.15. The Morgan fingerprint density at radius 1 is 1.45 bits per heavy atom. The van der Waals surface area contributed by atoms with Gasteiger partial charge < -0.3 is 9.94 Å². The van der Waals surface area contributed by atoms with E-state index < -0.39 is 28.9 Å². The number of rotatable bonds is 2. The quantitative estimate of drug-likeness (QED) is 0.852. The van der Waals surface area contributed by atoms with Crippen LogP contribution >= 0.6 is 0 Å². The fourth-order valence-electron chi connectivity index (χ4n) is 1.98. The van der Waals surface area contributed by atoms with E-state index in [1.807, 2.05) is 0 Å². The minimum Gasteiger partial charge on any atom is -0.477 e. The first-order chi connectivity index (χ1) is 9.16. The lowest BCUT2D eigenvalue weighted by atomic mass is 9.79. The van der Waals surface area contributed by atoms with Gasteiger partial charge in [-0.15, -0.1) is 0 Å². The molecule has 4 nitrogen and oxygen atoms in total.